The maximum Gasteiger partial charge on any atom is 0.356 e. The fraction of sp³-hybridized carbons (Fsp3) is 0. The smallest absolute Gasteiger partial charge is 0.356 e. The first-order valence-corrected chi connectivity index (χ1v) is 4.97. The van der Waals surface area contributed by atoms with Crippen molar-refractivity contribution in [2.45, 2.75) is 0 Å². The van der Waals surface area contributed by atoms with Crippen LogP contribution in [0.5, 0.6) is 0 Å². The van der Waals surface area contributed by atoms with Gasteiger partial charge in [0, 0.05) is 11.3 Å². The molecule has 0 unspecified atom stereocenters. The van der Waals surface area contributed by atoms with E-state index < -0.39 is 7.60 Å². The van der Waals surface area contributed by atoms with Gasteiger partial charge in [0.05, 0.1) is 5.30 Å². The molecule has 0 heterocycles. The molecular formula is C7H8NO4P. The predicted octanol–water partition coefficient (Wildman–Crippen LogP) is -0.116. The van der Waals surface area contributed by atoms with Gasteiger partial charge in [-0.25, -0.2) is 0 Å². The Bertz CT molecular complexity index is 384. The van der Waals surface area contributed by atoms with E-state index in [0.717, 1.165) is 6.07 Å². The standard InChI is InChI=1S/C7H8NO4P/c8-7-2-1-6(13(10,11)12)3-5(7)4-9/h1-4H,8H2,(H2,10,11,12). The van der Waals surface area contributed by atoms with E-state index in [1.165, 1.54) is 12.1 Å². The van der Waals surface area contributed by atoms with Crippen LogP contribution < -0.4 is 11.0 Å². The van der Waals surface area contributed by atoms with Gasteiger partial charge in [0.25, 0.3) is 0 Å². The molecule has 0 fully saturated rings. The van der Waals surface area contributed by atoms with Crippen molar-refractivity contribution in [3.63, 3.8) is 0 Å². The zero-order chi connectivity index (χ0) is 10.1. The van der Waals surface area contributed by atoms with Gasteiger partial charge < -0.3 is 15.5 Å². The van der Waals surface area contributed by atoms with E-state index in [1.807, 2.05) is 0 Å². The van der Waals surface area contributed by atoms with Gasteiger partial charge in [0.2, 0.25) is 0 Å². The zero-order valence-corrected chi connectivity index (χ0v) is 7.44. The minimum absolute atomic E-state index is 0.0841. The lowest BCUT2D eigenvalue weighted by atomic mass is 10.2. The van der Waals surface area contributed by atoms with Crippen LogP contribution in [-0.4, -0.2) is 16.1 Å². The van der Waals surface area contributed by atoms with E-state index in [2.05, 4.69) is 0 Å². The monoisotopic (exact) mass is 201 g/mol. The first kappa shape index (κ1) is 9.92. The minimum atomic E-state index is -4.29. The molecular weight excluding hydrogens is 193 g/mol. The number of benzene rings is 1. The molecule has 70 valence electrons. The molecule has 0 saturated heterocycles. The van der Waals surface area contributed by atoms with Gasteiger partial charge in [-0.1, -0.05) is 0 Å². The highest BCUT2D eigenvalue weighted by Gasteiger charge is 2.17. The topological polar surface area (TPSA) is 101 Å². The van der Waals surface area contributed by atoms with Crippen LogP contribution in [0, 0.1) is 0 Å². The Morgan fingerprint density at radius 2 is 2.00 bits per heavy atom. The zero-order valence-electron chi connectivity index (χ0n) is 6.54. The lowest BCUT2D eigenvalue weighted by Gasteiger charge is -2.05. The minimum Gasteiger partial charge on any atom is -0.398 e. The third-order valence-corrected chi connectivity index (χ3v) is 2.48. The van der Waals surface area contributed by atoms with Crippen LogP contribution in [-0.2, 0) is 4.57 Å². The largest absolute Gasteiger partial charge is 0.398 e. The Hall–Kier alpha value is -1.16. The second-order valence-corrected chi connectivity index (χ2v) is 4.08. The quantitative estimate of drug-likeness (QED) is 0.352. The van der Waals surface area contributed by atoms with Crippen molar-refractivity contribution in [2.75, 3.05) is 5.73 Å². The first-order valence-electron chi connectivity index (χ1n) is 3.36. The summed E-state index contributed by atoms with van der Waals surface area (Å²) in [6.45, 7) is 0. The molecule has 0 aromatic heterocycles. The molecule has 0 aliphatic carbocycles. The normalized spacial score (nSPS) is 11.2. The number of hydrogen-bond donors (Lipinski definition) is 3. The second-order valence-electron chi connectivity index (χ2n) is 2.48. The molecule has 1 rings (SSSR count). The van der Waals surface area contributed by atoms with Crippen molar-refractivity contribution < 1.29 is 19.1 Å². The summed E-state index contributed by atoms with van der Waals surface area (Å²) in [6.07, 6.45) is 0.453. The van der Waals surface area contributed by atoms with Gasteiger partial charge >= 0.3 is 7.60 Å². The molecule has 6 heteroatoms. The average Bonchev–Trinajstić information content (AvgIpc) is 2.03. The third kappa shape index (κ3) is 2.15. The molecule has 4 N–H and O–H groups in total. The molecule has 0 atom stereocenters. The van der Waals surface area contributed by atoms with Crippen molar-refractivity contribution in [3.05, 3.63) is 23.8 Å². The van der Waals surface area contributed by atoms with Gasteiger partial charge in [0.15, 0.2) is 6.29 Å². The van der Waals surface area contributed by atoms with Crippen LogP contribution in [0.3, 0.4) is 0 Å². The van der Waals surface area contributed by atoms with Gasteiger partial charge in [0.1, 0.15) is 0 Å². The summed E-state index contributed by atoms with van der Waals surface area (Å²) in [4.78, 5) is 27.9. The summed E-state index contributed by atoms with van der Waals surface area (Å²) in [7, 11) is -4.29. The summed E-state index contributed by atoms with van der Waals surface area (Å²) in [5.41, 5.74) is 5.64. The predicted molar refractivity (Wildman–Crippen MR) is 47.9 cm³/mol. The number of carbonyl (C=O) groups excluding carboxylic acids is 1. The fourth-order valence-corrected chi connectivity index (χ4v) is 1.42. The number of aldehydes is 1. The van der Waals surface area contributed by atoms with Crippen LogP contribution in [0.15, 0.2) is 18.2 Å². The highest BCUT2D eigenvalue weighted by atomic mass is 31.2. The number of nitrogens with two attached hydrogens (primary N) is 1. The number of nitrogen functional groups attached to an aromatic ring is 1. The summed E-state index contributed by atoms with van der Waals surface area (Å²) in [5, 5.41) is -0.205. The molecule has 0 amide bonds. The van der Waals surface area contributed by atoms with E-state index in [4.69, 9.17) is 15.5 Å². The summed E-state index contributed by atoms with van der Waals surface area (Å²) < 4.78 is 10.8. The molecule has 0 bridgehead atoms. The fourth-order valence-electron chi connectivity index (χ4n) is 0.845. The van der Waals surface area contributed by atoms with Gasteiger partial charge in [-0.3, -0.25) is 9.36 Å². The molecule has 1 aromatic rings. The van der Waals surface area contributed by atoms with Crippen molar-refractivity contribution in [3.8, 4) is 0 Å². The molecule has 0 aliphatic rings. The van der Waals surface area contributed by atoms with Gasteiger partial charge in [-0.2, -0.15) is 0 Å². The van der Waals surface area contributed by atoms with Gasteiger partial charge in [-0.15, -0.1) is 0 Å². The van der Waals surface area contributed by atoms with E-state index in [0.29, 0.717) is 6.29 Å². The van der Waals surface area contributed by atoms with Crippen LogP contribution in [0.4, 0.5) is 5.69 Å². The molecule has 1 aromatic carbocycles. The molecule has 0 radical (unpaired) electrons. The van der Waals surface area contributed by atoms with Crippen molar-refractivity contribution >= 4 is 24.9 Å². The Kier molecular flexibility index (Phi) is 2.52. The Morgan fingerprint density at radius 3 is 2.46 bits per heavy atom. The number of carbonyl (C=O) groups is 1. The van der Waals surface area contributed by atoms with Crippen molar-refractivity contribution in [1.29, 1.82) is 0 Å². The second kappa shape index (κ2) is 3.30. The van der Waals surface area contributed by atoms with E-state index in [1.54, 1.807) is 0 Å². The summed E-state index contributed by atoms with van der Waals surface area (Å²) >= 11 is 0. The van der Waals surface area contributed by atoms with Gasteiger partial charge in [-0.05, 0) is 18.2 Å². The maximum atomic E-state index is 10.8. The Labute approximate surface area is 74.3 Å². The molecule has 0 spiro atoms. The lowest BCUT2D eigenvalue weighted by Crippen LogP contribution is -2.06. The van der Waals surface area contributed by atoms with E-state index >= 15 is 0 Å². The molecule has 5 nitrogen and oxygen atoms in total. The number of hydrogen-bond acceptors (Lipinski definition) is 3. The lowest BCUT2D eigenvalue weighted by molar-refractivity contribution is 0.112. The van der Waals surface area contributed by atoms with E-state index in [9.17, 15) is 9.36 Å². The summed E-state index contributed by atoms with van der Waals surface area (Å²) in [5.74, 6) is 0. The Morgan fingerprint density at radius 1 is 1.38 bits per heavy atom. The maximum absolute atomic E-state index is 10.8. The first-order chi connectivity index (χ1) is 5.95. The molecule has 13 heavy (non-hydrogen) atoms. The molecule has 0 saturated carbocycles. The average molecular weight is 201 g/mol. The number of rotatable bonds is 2. The van der Waals surface area contributed by atoms with Crippen molar-refractivity contribution in [1.82, 2.24) is 0 Å². The van der Waals surface area contributed by atoms with Crippen LogP contribution in [0.25, 0.3) is 0 Å². The van der Waals surface area contributed by atoms with E-state index in [-0.39, 0.29) is 16.6 Å². The SMILES string of the molecule is Nc1ccc(P(=O)(O)O)cc1C=O. The third-order valence-electron chi connectivity index (χ3n) is 1.53. The summed E-state index contributed by atoms with van der Waals surface area (Å²) in [6, 6.07) is 3.57. The van der Waals surface area contributed by atoms with Crippen molar-refractivity contribution in [2.24, 2.45) is 0 Å². The van der Waals surface area contributed by atoms with Crippen LogP contribution in [0.1, 0.15) is 10.4 Å². The van der Waals surface area contributed by atoms with Crippen LogP contribution in [0.2, 0.25) is 0 Å². The van der Waals surface area contributed by atoms with Crippen LogP contribution >= 0.6 is 7.60 Å². The Balaban J connectivity index is 3.30. The highest BCUT2D eigenvalue weighted by molar-refractivity contribution is 7.60. The number of anilines is 1. The molecule has 0 aliphatic heterocycles. The highest BCUT2D eigenvalue weighted by Crippen LogP contribution is 2.33.